The van der Waals surface area contributed by atoms with E-state index in [1.54, 1.807) is 29.1 Å². The van der Waals surface area contributed by atoms with E-state index >= 15 is 0 Å². The van der Waals surface area contributed by atoms with E-state index in [1.807, 2.05) is 0 Å². The predicted molar refractivity (Wildman–Crippen MR) is 86.6 cm³/mol. The van der Waals surface area contributed by atoms with Crippen molar-refractivity contribution in [2.24, 2.45) is 0 Å². The monoisotopic (exact) mass is 361 g/mol. The first-order chi connectivity index (χ1) is 12.4. The Morgan fingerprint density at radius 2 is 2.12 bits per heavy atom. The topological polar surface area (TPSA) is 60.1 Å². The molecule has 0 fully saturated rings. The van der Waals surface area contributed by atoms with Gasteiger partial charge in [-0.05, 0) is 23.8 Å². The maximum Gasteiger partial charge on any atom is 0.416 e. The molecule has 0 saturated carbocycles. The van der Waals surface area contributed by atoms with E-state index in [1.165, 1.54) is 12.3 Å². The van der Waals surface area contributed by atoms with Gasteiger partial charge in [0.05, 0.1) is 18.0 Å². The van der Waals surface area contributed by atoms with E-state index in [2.05, 4.69) is 10.4 Å². The lowest BCUT2D eigenvalue weighted by Crippen LogP contribution is -2.25. The molecular formula is C18H14F3N3O2. The summed E-state index contributed by atoms with van der Waals surface area (Å²) in [5.74, 6) is 0.402. The molecule has 1 aromatic carbocycles. The van der Waals surface area contributed by atoms with E-state index in [9.17, 15) is 18.0 Å². The third-order valence-electron chi connectivity index (χ3n) is 4.39. The van der Waals surface area contributed by atoms with Gasteiger partial charge in [-0.2, -0.15) is 18.3 Å². The summed E-state index contributed by atoms with van der Waals surface area (Å²) in [4.78, 5) is 12.1. The normalized spacial score (nSPS) is 17.0. The van der Waals surface area contributed by atoms with Crippen LogP contribution in [0.2, 0.25) is 0 Å². The van der Waals surface area contributed by atoms with Crippen molar-refractivity contribution in [3.8, 4) is 0 Å². The number of rotatable bonds is 3. The number of fused-ring (bicyclic) bond motifs is 1. The lowest BCUT2D eigenvalue weighted by molar-refractivity contribution is -0.137. The van der Waals surface area contributed by atoms with Crippen LogP contribution in [0.3, 0.4) is 0 Å². The zero-order valence-corrected chi connectivity index (χ0v) is 13.5. The van der Waals surface area contributed by atoms with Gasteiger partial charge in [0.25, 0.3) is 0 Å². The van der Waals surface area contributed by atoms with Gasteiger partial charge in [-0.1, -0.05) is 18.2 Å². The highest BCUT2D eigenvalue weighted by Gasteiger charge is 2.34. The van der Waals surface area contributed by atoms with Crippen molar-refractivity contribution in [2.45, 2.75) is 25.1 Å². The van der Waals surface area contributed by atoms with Gasteiger partial charge < -0.3 is 9.73 Å². The van der Waals surface area contributed by atoms with Crippen LogP contribution in [0.15, 0.2) is 53.3 Å². The van der Waals surface area contributed by atoms with Gasteiger partial charge in [0.15, 0.2) is 0 Å². The first kappa shape index (κ1) is 16.4. The van der Waals surface area contributed by atoms with E-state index < -0.39 is 17.7 Å². The summed E-state index contributed by atoms with van der Waals surface area (Å²) < 4.78 is 45.9. The Labute approximate surface area is 146 Å². The Kier molecular flexibility index (Phi) is 3.82. The minimum absolute atomic E-state index is 0.0702. The van der Waals surface area contributed by atoms with Crippen molar-refractivity contribution in [1.82, 2.24) is 9.78 Å². The quantitative estimate of drug-likeness (QED) is 0.767. The largest absolute Gasteiger partial charge is 0.467 e. The number of hydrogen-bond acceptors (Lipinski definition) is 3. The van der Waals surface area contributed by atoms with Crippen molar-refractivity contribution in [3.05, 3.63) is 71.3 Å². The number of aromatic nitrogens is 2. The first-order valence-electron chi connectivity index (χ1n) is 7.97. The van der Waals surface area contributed by atoms with Gasteiger partial charge in [0, 0.05) is 17.9 Å². The number of carbonyl (C=O) groups excluding carboxylic acids is 1. The minimum atomic E-state index is -4.43. The van der Waals surface area contributed by atoms with Crippen LogP contribution in [0.4, 0.5) is 19.0 Å². The number of alkyl halides is 3. The molecule has 0 aliphatic carbocycles. The van der Waals surface area contributed by atoms with E-state index in [0.29, 0.717) is 29.2 Å². The highest BCUT2D eigenvalue weighted by molar-refractivity contribution is 5.94. The van der Waals surface area contributed by atoms with E-state index in [-0.39, 0.29) is 12.3 Å². The number of nitrogens with zero attached hydrogens (tertiary/aromatic N) is 2. The van der Waals surface area contributed by atoms with Gasteiger partial charge in [0.2, 0.25) is 5.91 Å². The molecule has 0 bridgehead atoms. The Bertz CT molecular complexity index is 945. The summed E-state index contributed by atoms with van der Waals surface area (Å²) in [6.45, 7) is 0.317. The molecule has 3 aromatic rings. The molecule has 8 heteroatoms. The van der Waals surface area contributed by atoms with Crippen molar-refractivity contribution in [2.75, 3.05) is 5.32 Å². The number of furan rings is 1. The second kappa shape index (κ2) is 6.05. The second-order valence-electron chi connectivity index (χ2n) is 6.11. The molecule has 4 rings (SSSR count). The summed E-state index contributed by atoms with van der Waals surface area (Å²) in [5.41, 5.74) is 0.398. The van der Waals surface area contributed by atoms with Crippen molar-refractivity contribution >= 4 is 11.7 Å². The first-order valence-corrected chi connectivity index (χ1v) is 7.97. The molecule has 5 nitrogen and oxygen atoms in total. The molecule has 3 heterocycles. The minimum Gasteiger partial charge on any atom is -0.467 e. The van der Waals surface area contributed by atoms with Gasteiger partial charge in [-0.25, -0.2) is 4.68 Å². The fourth-order valence-corrected chi connectivity index (χ4v) is 3.17. The van der Waals surface area contributed by atoms with Crippen LogP contribution < -0.4 is 5.32 Å². The summed E-state index contributed by atoms with van der Waals surface area (Å²) in [5, 5.41) is 7.04. The van der Waals surface area contributed by atoms with E-state index in [4.69, 9.17) is 4.42 Å². The molecule has 0 radical (unpaired) electrons. The fraction of sp³-hybridized carbons (Fsp3) is 0.222. The molecule has 0 spiro atoms. The third kappa shape index (κ3) is 2.98. The zero-order valence-electron chi connectivity index (χ0n) is 13.5. The number of benzene rings is 1. The van der Waals surface area contributed by atoms with Gasteiger partial charge in [-0.15, -0.1) is 0 Å². The SMILES string of the molecule is O=C1CC(c2cccc(C(F)(F)F)c2)c2cnn(Cc3ccco3)c2N1. The predicted octanol–water partition coefficient (Wildman–Crippen LogP) is 4.02. The molecule has 1 amide bonds. The van der Waals surface area contributed by atoms with Crippen LogP contribution in [0, 0.1) is 0 Å². The van der Waals surface area contributed by atoms with Crippen LogP contribution in [-0.4, -0.2) is 15.7 Å². The zero-order chi connectivity index (χ0) is 18.3. The maximum absolute atomic E-state index is 13.0. The van der Waals surface area contributed by atoms with E-state index in [0.717, 1.165) is 12.1 Å². The number of amides is 1. The van der Waals surface area contributed by atoms with Crippen molar-refractivity contribution in [3.63, 3.8) is 0 Å². The smallest absolute Gasteiger partial charge is 0.416 e. The molecule has 0 saturated heterocycles. The van der Waals surface area contributed by atoms with Crippen LogP contribution in [-0.2, 0) is 17.5 Å². The number of hydrogen-bond donors (Lipinski definition) is 1. The molecule has 1 unspecified atom stereocenters. The summed E-state index contributed by atoms with van der Waals surface area (Å²) >= 11 is 0. The van der Waals surface area contributed by atoms with Gasteiger partial charge >= 0.3 is 6.18 Å². The average molecular weight is 361 g/mol. The van der Waals surface area contributed by atoms with Crippen LogP contribution >= 0.6 is 0 Å². The molecule has 1 aliphatic rings. The number of nitrogens with one attached hydrogen (secondary N) is 1. The second-order valence-corrected chi connectivity index (χ2v) is 6.11. The van der Waals surface area contributed by atoms with Crippen LogP contribution in [0.1, 0.15) is 34.8 Å². The highest BCUT2D eigenvalue weighted by Crippen LogP contribution is 2.39. The molecular weight excluding hydrogens is 347 g/mol. The number of carbonyl (C=O) groups is 1. The van der Waals surface area contributed by atoms with Crippen molar-refractivity contribution < 1.29 is 22.4 Å². The molecule has 134 valence electrons. The Balaban J connectivity index is 1.72. The standard InChI is InChI=1S/C18H14F3N3O2/c19-18(20,21)12-4-1-3-11(7-12)14-8-16(25)23-17-15(14)9-22-24(17)10-13-5-2-6-26-13/h1-7,9,14H,8,10H2,(H,23,25). The maximum atomic E-state index is 13.0. The van der Waals surface area contributed by atoms with Crippen molar-refractivity contribution in [1.29, 1.82) is 0 Å². The lowest BCUT2D eigenvalue weighted by Gasteiger charge is -2.24. The lowest BCUT2D eigenvalue weighted by atomic mass is 9.86. The average Bonchev–Trinajstić information content (AvgIpc) is 3.24. The summed E-state index contributed by atoms with van der Waals surface area (Å²) in [6, 6.07) is 8.60. The van der Waals surface area contributed by atoms with Gasteiger partial charge in [0.1, 0.15) is 18.1 Å². The van der Waals surface area contributed by atoms with Crippen LogP contribution in [0.25, 0.3) is 0 Å². The molecule has 2 aromatic heterocycles. The highest BCUT2D eigenvalue weighted by atomic mass is 19.4. The van der Waals surface area contributed by atoms with Crippen LogP contribution in [0.5, 0.6) is 0 Å². The number of anilines is 1. The molecule has 1 aliphatic heterocycles. The summed E-state index contributed by atoms with van der Waals surface area (Å²) in [7, 11) is 0. The third-order valence-corrected chi connectivity index (χ3v) is 4.39. The number of halogens is 3. The Morgan fingerprint density at radius 1 is 1.27 bits per heavy atom. The molecule has 1 N–H and O–H groups in total. The molecule has 26 heavy (non-hydrogen) atoms. The Morgan fingerprint density at radius 3 is 2.85 bits per heavy atom. The van der Waals surface area contributed by atoms with Gasteiger partial charge in [-0.3, -0.25) is 4.79 Å². The summed E-state index contributed by atoms with van der Waals surface area (Å²) in [6.07, 6.45) is -1.24. The fourth-order valence-electron chi connectivity index (χ4n) is 3.17. The molecule has 1 atom stereocenters. The Hall–Kier alpha value is -3.03.